The molecule has 2 aliphatic rings. The maximum Gasteiger partial charge on any atom is 0.302 e. The van der Waals surface area contributed by atoms with Crippen molar-refractivity contribution in [3.05, 3.63) is 0 Å². The van der Waals surface area contributed by atoms with Crippen LogP contribution in [0.4, 0.5) is 0 Å². The number of carbonyl (C=O) groups is 1. The Labute approximate surface area is 99.4 Å². The molecule has 2 saturated heterocycles. The minimum Gasteiger partial charge on any atom is -0.463 e. The number of hydrogen-bond donors (Lipinski definition) is 0. The van der Waals surface area contributed by atoms with Crippen molar-refractivity contribution in [1.82, 2.24) is 0 Å². The average molecular weight is 241 g/mol. The molecule has 0 saturated carbocycles. The first-order valence-electron chi connectivity index (χ1n) is 5.41. The fourth-order valence-electron chi connectivity index (χ4n) is 2.23. The number of nitrogens with zero attached hydrogens (tertiary/aromatic N) is 1. The molecule has 0 aromatic rings. The molecule has 0 aromatic heterocycles. The van der Waals surface area contributed by atoms with E-state index < -0.39 is 29.6 Å². The molecule has 2 rings (SSSR count). The number of carbonyl (C=O) groups excluding carboxylic acids is 1. The van der Waals surface area contributed by atoms with E-state index in [-0.39, 0.29) is 13.2 Å². The normalized spacial score (nSPS) is 38.5. The minimum atomic E-state index is -0.866. The lowest BCUT2D eigenvalue weighted by molar-refractivity contribution is -0.196. The maximum absolute atomic E-state index is 10.9. The largest absolute Gasteiger partial charge is 0.463 e. The Morgan fingerprint density at radius 3 is 2.88 bits per heavy atom. The second kappa shape index (κ2) is 3.95. The molecule has 0 bridgehead atoms. The third kappa shape index (κ3) is 2.14. The van der Waals surface area contributed by atoms with E-state index in [1.165, 1.54) is 6.92 Å². The van der Waals surface area contributed by atoms with E-state index in [0.717, 1.165) is 0 Å². The Morgan fingerprint density at radius 1 is 1.59 bits per heavy atom. The zero-order valence-electron chi connectivity index (χ0n) is 10.1. The predicted molar refractivity (Wildman–Crippen MR) is 54.8 cm³/mol. The highest BCUT2D eigenvalue weighted by Gasteiger charge is 2.62. The number of ether oxygens (including phenoxy) is 4. The van der Waals surface area contributed by atoms with E-state index in [2.05, 4.69) is 0 Å². The molecular weight excluding hydrogens is 226 g/mol. The molecule has 0 N–H and O–H groups in total. The monoisotopic (exact) mass is 241 g/mol. The number of nitriles is 1. The topological polar surface area (TPSA) is 77.8 Å². The molecule has 6 nitrogen and oxygen atoms in total. The summed E-state index contributed by atoms with van der Waals surface area (Å²) in [6.45, 7) is 5.07. The summed E-state index contributed by atoms with van der Waals surface area (Å²) in [6, 6.07) is 2.02. The summed E-state index contributed by atoms with van der Waals surface area (Å²) in [4.78, 5) is 10.9. The molecule has 0 radical (unpaired) electrons. The van der Waals surface area contributed by atoms with Gasteiger partial charge < -0.3 is 18.9 Å². The van der Waals surface area contributed by atoms with Gasteiger partial charge in [0.2, 0.25) is 0 Å². The van der Waals surface area contributed by atoms with Gasteiger partial charge in [-0.2, -0.15) is 5.26 Å². The van der Waals surface area contributed by atoms with Crippen molar-refractivity contribution in [1.29, 1.82) is 5.26 Å². The van der Waals surface area contributed by atoms with E-state index in [4.69, 9.17) is 24.2 Å². The van der Waals surface area contributed by atoms with E-state index in [1.807, 2.05) is 6.07 Å². The summed E-state index contributed by atoms with van der Waals surface area (Å²) in [5, 5.41) is 8.96. The Morgan fingerprint density at radius 2 is 2.29 bits per heavy atom. The van der Waals surface area contributed by atoms with Crippen molar-refractivity contribution in [2.75, 3.05) is 13.2 Å². The van der Waals surface area contributed by atoms with Crippen LogP contribution in [0.1, 0.15) is 20.8 Å². The van der Waals surface area contributed by atoms with E-state index >= 15 is 0 Å². The van der Waals surface area contributed by atoms with E-state index in [0.29, 0.717) is 0 Å². The Kier molecular flexibility index (Phi) is 2.86. The molecule has 0 amide bonds. The van der Waals surface area contributed by atoms with Gasteiger partial charge in [0.15, 0.2) is 17.5 Å². The molecular formula is C11H15NO5. The highest BCUT2D eigenvalue weighted by molar-refractivity contribution is 5.66. The van der Waals surface area contributed by atoms with Gasteiger partial charge in [0.25, 0.3) is 0 Å². The van der Waals surface area contributed by atoms with Crippen LogP contribution in [0, 0.1) is 11.3 Å². The summed E-state index contributed by atoms with van der Waals surface area (Å²) in [5.74, 6) is -1.20. The van der Waals surface area contributed by atoms with E-state index in [1.54, 1.807) is 13.8 Å². The van der Waals surface area contributed by atoms with Gasteiger partial charge >= 0.3 is 5.97 Å². The number of fused-ring (bicyclic) bond motifs is 1. The van der Waals surface area contributed by atoms with Crippen LogP contribution in [0.15, 0.2) is 0 Å². The lowest BCUT2D eigenvalue weighted by atomic mass is 9.98. The maximum atomic E-state index is 10.9. The molecule has 3 atom stereocenters. The molecule has 0 unspecified atom stereocenters. The Hall–Kier alpha value is -1.16. The minimum absolute atomic E-state index is 0.0363. The predicted octanol–water partition coefficient (Wildman–Crippen LogP) is 0.362. The van der Waals surface area contributed by atoms with Crippen LogP contribution in [-0.4, -0.2) is 42.8 Å². The Balaban J connectivity index is 2.18. The standard InChI is InChI=1S/C11H15NO5/c1-7(13)14-5-11-6-15-8(4-12)9(11)16-10(2,3)17-11/h8-9H,5-6H2,1-3H3/t8-,9-,11+/m0/s1. The van der Waals surface area contributed by atoms with Gasteiger partial charge in [-0.3, -0.25) is 4.79 Å². The quantitative estimate of drug-likeness (QED) is 0.650. The molecule has 17 heavy (non-hydrogen) atoms. The molecule has 6 heteroatoms. The van der Waals surface area contributed by atoms with Gasteiger partial charge in [-0.05, 0) is 13.8 Å². The van der Waals surface area contributed by atoms with Crippen LogP contribution < -0.4 is 0 Å². The molecule has 2 heterocycles. The smallest absolute Gasteiger partial charge is 0.302 e. The first-order valence-corrected chi connectivity index (χ1v) is 5.41. The van der Waals surface area contributed by atoms with Crippen molar-refractivity contribution in [3.8, 4) is 6.07 Å². The highest BCUT2D eigenvalue weighted by atomic mass is 16.8. The van der Waals surface area contributed by atoms with Crippen LogP contribution >= 0.6 is 0 Å². The number of esters is 1. The third-order valence-corrected chi connectivity index (χ3v) is 2.81. The van der Waals surface area contributed by atoms with Crippen molar-refractivity contribution in [2.45, 2.75) is 44.4 Å². The summed E-state index contributed by atoms with van der Waals surface area (Å²) in [5.41, 5.74) is -0.866. The molecule has 0 aromatic carbocycles. The number of hydrogen-bond acceptors (Lipinski definition) is 6. The first kappa shape index (κ1) is 12.3. The van der Waals surface area contributed by atoms with Crippen LogP contribution in [-0.2, 0) is 23.7 Å². The molecule has 2 fully saturated rings. The van der Waals surface area contributed by atoms with Gasteiger partial charge in [0, 0.05) is 6.92 Å². The van der Waals surface area contributed by atoms with Crippen molar-refractivity contribution >= 4 is 5.97 Å². The molecule has 0 spiro atoms. The number of rotatable bonds is 2. The summed E-state index contributed by atoms with van der Waals surface area (Å²) >= 11 is 0. The highest BCUT2D eigenvalue weighted by Crippen LogP contribution is 2.43. The fraction of sp³-hybridized carbons (Fsp3) is 0.818. The van der Waals surface area contributed by atoms with Crippen molar-refractivity contribution in [2.24, 2.45) is 0 Å². The van der Waals surface area contributed by atoms with Gasteiger partial charge in [-0.15, -0.1) is 0 Å². The zero-order chi connectivity index (χ0) is 12.7. The van der Waals surface area contributed by atoms with Gasteiger partial charge in [0.1, 0.15) is 12.7 Å². The lowest BCUT2D eigenvalue weighted by Gasteiger charge is -2.25. The first-order chi connectivity index (χ1) is 7.88. The lowest BCUT2D eigenvalue weighted by Crippen LogP contribution is -2.46. The summed E-state index contributed by atoms with van der Waals surface area (Å²) < 4.78 is 21.7. The molecule has 94 valence electrons. The van der Waals surface area contributed by atoms with Gasteiger partial charge in [-0.25, -0.2) is 0 Å². The summed E-state index contributed by atoms with van der Waals surface area (Å²) in [7, 11) is 0. The van der Waals surface area contributed by atoms with E-state index in [9.17, 15) is 4.79 Å². The van der Waals surface area contributed by atoms with Crippen molar-refractivity contribution < 1.29 is 23.7 Å². The fourth-order valence-corrected chi connectivity index (χ4v) is 2.23. The third-order valence-electron chi connectivity index (χ3n) is 2.81. The van der Waals surface area contributed by atoms with Crippen LogP contribution in [0.2, 0.25) is 0 Å². The average Bonchev–Trinajstić information content (AvgIpc) is 2.66. The Bertz CT molecular complexity index is 375. The zero-order valence-corrected chi connectivity index (χ0v) is 10.1. The van der Waals surface area contributed by atoms with Gasteiger partial charge in [-0.1, -0.05) is 0 Å². The second-order valence-electron chi connectivity index (χ2n) is 4.75. The molecule has 0 aliphatic carbocycles. The van der Waals surface area contributed by atoms with Crippen LogP contribution in [0.25, 0.3) is 0 Å². The van der Waals surface area contributed by atoms with Crippen molar-refractivity contribution in [3.63, 3.8) is 0 Å². The van der Waals surface area contributed by atoms with Crippen LogP contribution in [0.5, 0.6) is 0 Å². The van der Waals surface area contributed by atoms with Gasteiger partial charge in [0.05, 0.1) is 12.7 Å². The summed E-state index contributed by atoms with van der Waals surface area (Å²) in [6.07, 6.45) is -1.21. The SMILES string of the molecule is CC(=O)OC[C@@]12CO[C@@H](C#N)[C@@H]1OC(C)(C)O2. The second-order valence-corrected chi connectivity index (χ2v) is 4.75. The molecule has 2 aliphatic heterocycles. The van der Waals surface area contributed by atoms with Crippen LogP contribution in [0.3, 0.4) is 0 Å².